The van der Waals surface area contributed by atoms with Crippen molar-refractivity contribution in [3.05, 3.63) is 71.3 Å². The van der Waals surface area contributed by atoms with Crippen molar-refractivity contribution in [2.45, 2.75) is 25.9 Å². The monoisotopic (exact) mass is 379 g/mol. The van der Waals surface area contributed by atoms with Gasteiger partial charge < -0.3 is 15.0 Å². The third kappa shape index (κ3) is 4.57. The first-order valence-electron chi connectivity index (χ1n) is 9.28. The second-order valence-electron chi connectivity index (χ2n) is 6.72. The Morgan fingerprint density at radius 3 is 2.54 bits per heavy atom. The number of likely N-dealkylation sites (N-methyl/N-ethyl adjacent to an activating group) is 1. The molecular weight excluding hydrogens is 354 g/mol. The lowest BCUT2D eigenvalue weighted by Gasteiger charge is -2.10. The molecule has 3 rings (SSSR count). The van der Waals surface area contributed by atoms with E-state index in [9.17, 15) is 4.79 Å². The second-order valence-corrected chi connectivity index (χ2v) is 6.72. The molecule has 2 aromatic carbocycles. The van der Waals surface area contributed by atoms with E-state index in [1.54, 1.807) is 7.05 Å². The molecule has 1 aliphatic rings. The van der Waals surface area contributed by atoms with Gasteiger partial charge in [-0.2, -0.15) is 0 Å². The first-order chi connectivity index (χ1) is 13.7. The van der Waals surface area contributed by atoms with Crippen LogP contribution in [0.1, 0.15) is 36.0 Å². The number of nitrogens with zero attached hydrogens (tertiary/aromatic N) is 2. The molecule has 2 atom stereocenters. The Morgan fingerprint density at radius 1 is 1.11 bits per heavy atom. The van der Waals surface area contributed by atoms with Crippen LogP contribution in [0.2, 0.25) is 0 Å². The summed E-state index contributed by atoms with van der Waals surface area (Å²) in [5.41, 5.74) is 4.01. The van der Waals surface area contributed by atoms with Gasteiger partial charge in [-0.3, -0.25) is 4.79 Å². The lowest BCUT2D eigenvalue weighted by atomic mass is 10.0. The van der Waals surface area contributed by atoms with Crippen LogP contribution >= 0.6 is 0 Å². The molecule has 1 fully saturated rings. The molecule has 6 heteroatoms. The summed E-state index contributed by atoms with van der Waals surface area (Å²) in [6.07, 6.45) is 1.10. The molecule has 146 valence electrons. The smallest absolute Gasteiger partial charge is 0.273 e. The van der Waals surface area contributed by atoms with Gasteiger partial charge in [-0.25, -0.2) is 0 Å². The van der Waals surface area contributed by atoms with Gasteiger partial charge in [0, 0.05) is 24.1 Å². The maximum absolute atomic E-state index is 12.1. The average Bonchev–Trinajstić information content (AvgIpc) is 3.54. The number of carbonyl (C=O) groups is 1. The van der Waals surface area contributed by atoms with Crippen LogP contribution in [-0.4, -0.2) is 31.5 Å². The molecule has 6 nitrogen and oxygen atoms in total. The molecule has 0 aliphatic heterocycles. The number of carbonyl (C=O) groups excluding carboxylic acids is 1. The fraction of sp³-hybridized carbons (Fsp3) is 0.318. The highest BCUT2D eigenvalue weighted by Crippen LogP contribution is 2.48. The number of rotatable bonds is 8. The predicted octanol–water partition coefficient (Wildman–Crippen LogP) is 3.48. The Balaban J connectivity index is 1.66. The first kappa shape index (κ1) is 19.6. The Bertz CT molecular complexity index is 878. The molecule has 0 unspecified atom stereocenters. The van der Waals surface area contributed by atoms with Gasteiger partial charge in [0.2, 0.25) is 0 Å². The SMILES string of the molecule is CNC(=O)/C(=N\OC)c1ccccc1CO/N=C(\C)[C@@H]1C[C@H]1c1ccccc1. The number of hydrogen-bond acceptors (Lipinski definition) is 5. The van der Waals surface area contributed by atoms with Gasteiger partial charge in [0.15, 0.2) is 5.71 Å². The Hall–Kier alpha value is -3.15. The molecule has 0 heterocycles. The highest BCUT2D eigenvalue weighted by molar-refractivity contribution is 6.45. The fourth-order valence-corrected chi connectivity index (χ4v) is 3.30. The number of hydrogen-bond donors (Lipinski definition) is 1. The Morgan fingerprint density at radius 2 is 1.82 bits per heavy atom. The summed E-state index contributed by atoms with van der Waals surface area (Å²) in [4.78, 5) is 22.6. The van der Waals surface area contributed by atoms with Crippen molar-refractivity contribution < 1.29 is 14.5 Å². The van der Waals surface area contributed by atoms with Crippen LogP contribution in [0.25, 0.3) is 0 Å². The van der Waals surface area contributed by atoms with E-state index >= 15 is 0 Å². The molecule has 1 saturated carbocycles. The van der Waals surface area contributed by atoms with Gasteiger partial charge >= 0.3 is 0 Å². The highest BCUT2D eigenvalue weighted by Gasteiger charge is 2.40. The molecular formula is C22H25N3O3. The van der Waals surface area contributed by atoms with Crippen LogP contribution in [0.4, 0.5) is 0 Å². The molecule has 2 aromatic rings. The van der Waals surface area contributed by atoms with Crippen LogP contribution in [0.5, 0.6) is 0 Å². The largest absolute Gasteiger partial charge is 0.398 e. The zero-order valence-electron chi connectivity index (χ0n) is 16.4. The zero-order chi connectivity index (χ0) is 19.9. The molecule has 0 aromatic heterocycles. The van der Waals surface area contributed by atoms with Crippen LogP contribution in [-0.2, 0) is 21.1 Å². The third-order valence-corrected chi connectivity index (χ3v) is 4.88. The summed E-state index contributed by atoms with van der Waals surface area (Å²) >= 11 is 0. The maximum atomic E-state index is 12.1. The zero-order valence-corrected chi connectivity index (χ0v) is 16.4. The van der Waals surface area contributed by atoms with Crippen molar-refractivity contribution in [1.29, 1.82) is 0 Å². The molecule has 0 spiro atoms. The predicted molar refractivity (Wildman–Crippen MR) is 109 cm³/mol. The highest BCUT2D eigenvalue weighted by atomic mass is 16.6. The first-order valence-corrected chi connectivity index (χ1v) is 9.28. The van der Waals surface area contributed by atoms with Gasteiger partial charge in [0.05, 0.1) is 5.71 Å². The molecule has 0 saturated heterocycles. The second kappa shape index (κ2) is 9.17. The fourth-order valence-electron chi connectivity index (χ4n) is 3.30. The van der Waals surface area contributed by atoms with Crippen molar-refractivity contribution in [2.24, 2.45) is 16.2 Å². The summed E-state index contributed by atoms with van der Waals surface area (Å²) in [6, 6.07) is 17.9. The summed E-state index contributed by atoms with van der Waals surface area (Å²) in [5, 5.41) is 10.8. The quantitative estimate of drug-likeness (QED) is 0.564. The molecule has 1 aliphatic carbocycles. The molecule has 1 amide bonds. The number of amides is 1. The summed E-state index contributed by atoms with van der Waals surface area (Å²) in [6.45, 7) is 2.25. The number of benzene rings is 2. The van der Waals surface area contributed by atoms with E-state index in [2.05, 4.69) is 39.9 Å². The maximum Gasteiger partial charge on any atom is 0.273 e. The lowest BCUT2D eigenvalue weighted by Crippen LogP contribution is -2.29. The third-order valence-electron chi connectivity index (χ3n) is 4.88. The Labute approximate surface area is 165 Å². The van der Waals surface area contributed by atoms with Crippen molar-refractivity contribution in [2.75, 3.05) is 14.2 Å². The van der Waals surface area contributed by atoms with Crippen molar-refractivity contribution in [3.63, 3.8) is 0 Å². The Kier molecular flexibility index (Phi) is 6.42. The van der Waals surface area contributed by atoms with E-state index < -0.39 is 0 Å². The van der Waals surface area contributed by atoms with Gasteiger partial charge in [0.25, 0.3) is 5.91 Å². The summed E-state index contributed by atoms with van der Waals surface area (Å²) in [5.74, 6) is 0.626. The minimum atomic E-state index is -0.322. The van der Waals surface area contributed by atoms with E-state index in [-0.39, 0.29) is 18.2 Å². The molecule has 0 radical (unpaired) electrons. The minimum Gasteiger partial charge on any atom is -0.398 e. The van der Waals surface area contributed by atoms with Crippen LogP contribution in [0.3, 0.4) is 0 Å². The van der Waals surface area contributed by atoms with E-state index in [1.165, 1.54) is 12.7 Å². The lowest BCUT2D eigenvalue weighted by molar-refractivity contribution is -0.114. The minimum absolute atomic E-state index is 0.205. The standard InChI is InChI=1S/C22H25N3O3/c1-15(19-13-20(19)16-9-5-4-6-10-16)24-28-14-17-11-7-8-12-18(17)21(25-27-3)22(26)23-2/h4-12,19-20H,13-14H2,1-3H3,(H,23,26)/b24-15+,25-21-/t19-,20-/m0/s1. The van der Waals surface area contributed by atoms with Gasteiger partial charge in [-0.15, -0.1) is 0 Å². The van der Waals surface area contributed by atoms with E-state index in [0.717, 1.165) is 17.7 Å². The normalized spacial score (nSPS) is 19.1. The van der Waals surface area contributed by atoms with Gasteiger partial charge in [0.1, 0.15) is 13.7 Å². The van der Waals surface area contributed by atoms with Crippen molar-refractivity contribution in [1.82, 2.24) is 5.32 Å². The van der Waals surface area contributed by atoms with Crippen molar-refractivity contribution >= 4 is 17.3 Å². The van der Waals surface area contributed by atoms with Crippen LogP contribution < -0.4 is 5.32 Å². The molecule has 28 heavy (non-hydrogen) atoms. The van der Waals surface area contributed by atoms with Gasteiger partial charge in [-0.05, 0) is 24.8 Å². The van der Waals surface area contributed by atoms with Gasteiger partial charge in [-0.1, -0.05) is 64.9 Å². The topological polar surface area (TPSA) is 72.3 Å². The summed E-state index contributed by atoms with van der Waals surface area (Å²) < 4.78 is 0. The van der Waals surface area contributed by atoms with Crippen LogP contribution in [0, 0.1) is 5.92 Å². The molecule has 1 N–H and O–H groups in total. The van der Waals surface area contributed by atoms with Crippen LogP contribution in [0.15, 0.2) is 64.9 Å². The number of nitrogens with one attached hydrogen (secondary N) is 1. The van der Waals surface area contributed by atoms with E-state index in [4.69, 9.17) is 9.68 Å². The molecule has 0 bridgehead atoms. The van der Waals surface area contributed by atoms with E-state index in [0.29, 0.717) is 17.4 Å². The van der Waals surface area contributed by atoms with E-state index in [1.807, 2.05) is 37.3 Å². The summed E-state index contributed by atoms with van der Waals surface area (Å²) in [7, 11) is 2.97. The number of oxime groups is 2. The average molecular weight is 379 g/mol. The van der Waals surface area contributed by atoms with Crippen molar-refractivity contribution in [3.8, 4) is 0 Å².